The lowest BCUT2D eigenvalue weighted by Crippen LogP contribution is -2.10. The van der Waals surface area contributed by atoms with Crippen molar-refractivity contribution in [2.75, 3.05) is 0 Å². The zero-order chi connectivity index (χ0) is 14.1. The van der Waals surface area contributed by atoms with E-state index in [0.717, 1.165) is 0 Å². The second-order valence-corrected chi connectivity index (χ2v) is 4.30. The lowest BCUT2D eigenvalue weighted by atomic mass is 10.2. The van der Waals surface area contributed by atoms with E-state index in [1.54, 1.807) is 18.3 Å². The van der Waals surface area contributed by atoms with E-state index in [2.05, 4.69) is 10.3 Å². The van der Waals surface area contributed by atoms with Gasteiger partial charge in [-0.2, -0.15) is 0 Å². The smallest absolute Gasteiger partial charge is 0.219 e. The molecule has 0 aliphatic heterocycles. The normalized spacial score (nSPS) is 11.1. The number of halogens is 1. The van der Waals surface area contributed by atoms with Gasteiger partial charge in [-0.25, -0.2) is 9.07 Å². The number of rotatable bonds is 4. The van der Waals surface area contributed by atoms with Gasteiger partial charge < -0.3 is 10.2 Å². The van der Waals surface area contributed by atoms with Crippen LogP contribution in [0.15, 0.2) is 34.9 Å². The molecule has 7 heteroatoms. The number of benzene rings is 1. The third-order valence-electron chi connectivity index (χ3n) is 2.87. The summed E-state index contributed by atoms with van der Waals surface area (Å²) in [6.07, 6.45) is 1.58. The minimum atomic E-state index is -0.493. The Kier molecular flexibility index (Phi) is 3.03. The van der Waals surface area contributed by atoms with Crippen molar-refractivity contribution in [3.63, 3.8) is 0 Å². The first-order chi connectivity index (χ1) is 9.67. The molecule has 2 aromatic heterocycles. The lowest BCUT2D eigenvalue weighted by Gasteiger charge is -1.96. The highest BCUT2D eigenvalue weighted by Gasteiger charge is 2.15. The summed E-state index contributed by atoms with van der Waals surface area (Å²) in [5.41, 5.74) is 6.08. The fraction of sp³-hybridized carbons (Fsp3) is 0.154. The third-order valence-corrected chi connectivity index (χ3v) is 2.87. The Bertz CT molecular complexity index is 778. The highest BCUT2D eigenvalue weighted by molar-refractivity contribution is 5.97. The maximum absolute atomic E-state index is 13.5. The number of nitrogens with zero attached hydrogens (tertiary/aromatic N) is 3. The zero-order valence-corrected chi connectivity index (χ0v) is 10.4. The number of para-hydroxylation sites is 1. The van der Waals surface area contributed by atoms with Gasteiger partial charge in [0.15, 0.2) is 17.2 Å². The van der Waals surface area contributed by atoms with Crippen LogP contribution in [0.1, 0.15) is 16.2 Å². The standard InChI is InChI=1S/C13H11FN4O2/c14-10-3-1-2-8-4-12(20-13(8)10)11(19)7-18-6-9(5-15)16-17-18/h1-4,6H,5,7,15H2. The molecule has 3 rings (SSSR count). The molecule has 2 N–H and O–H groups in total. The van der Waals surface area contributed by atoms with E-state index in [-0.39, 0.29) is 30.2 Å². The molecular weight excluding hydrogens is 263 g/mol. The first kappa shape index (κ1) is 12.5. The highest BCUT2D eigenvalue weighted by atomic mass is 19.1. The molecule has 3 aromatic rings. The van der Waals surface area contributed by atoms with E-state index in [4.69, 9.17) is 10.2 Å². The number of furan rings is 1. The highest BCUT2D eigenvalue weighted by Crippen LogP contribution is 2.22. The molecule has 0 spiro atoms. The van der Waals surface area contributed by atoms with Crippen molar-refractivity contribution in [3.05, 3.63) is 47.7 Å². The Morgan fingerprint density at radius 3 is 3.00 bits per heavy atom. The number of carbonyl (C=O) groups excluding carboxylic acids is 1. The lowest BCUT2D eigenvalue weighted by molar-refractivity contribution is 0.0941. The SMILES string of the molecule is NCc1cn(CC(=O)c2cc3cccc(F)c3o2)nn1. The summed E-state index contributed by atoms with van der Waals surface area (Å²) in [6, 6.07) is 6.04. The number of ketones is 1. The van der Waals surface area contributed by atoms with E-state index < -0.39 is 5.82 Å². The van der Waals surface area contributed by atoms with Crippen molar-refractivity contribution >= 4 is 16.8 Å². The summed E-state index contributed by atoms with van der Waals surface area (Å²) in [6.45, 7) is 0.221. The molecule has 0 bridgehead atoms. The molecule has 0 amide bonds. The Morgan fingerprint density at radius 2 is 2.30 bits per heavy atom. The molecule has 6 nitrogen and oxygen atoms in total. The van der Waals surface area contributed by atoms with Crippen molar-refractivity contribution < 1.29 is 13.6 Å². The van der Waals surface area contributed by atoms with Gasteiger partial charge in [-0.1, -0.05) is 17.3 Å². The molecule has 0 saturated carbocycles. The van der Waals surface area contributed by atoms with Gasteiger partial charge in [-0.05, 0) is 12.1 Å². The van der Waals surface area contributed by atoms with Gasteiger partial charge in [0.25, 0.3) is 0 Å². The van der Waals surface area contributed by atoms with Crippen LogP contribution in [0.5, 0.6) is 0 Å². The van der Waals surface area contributed by atoms with E-state index in [1.807, 2.05) is 0 Å². The summed E-state index contributed by atoms with van der Waals surface area (Å²) >= 11 is 0. The molecule has 0 unspecified atom stereocenters. The van der Waals surface area contributed by atoms with Gasteiger partial charge in [0, 0.05) is 11.9 Å². The average molecular weight is 274 g/mol. The van der Waals surface area contributed by atoms with Crippen LogP contribution in [0.4, 0.5) is 4.39 Å². The molecular formula is C13H11FN4O2. The Morgan fingerprint density at radius 1 is 1.45 bits per heavy atom. The minimum Gasteiger partial charge on any atom is -0.450 e. The summed E-state index contributed by atoms with van der Waals surface area (Å²) < 4.78 is 20.1. The van der Waals surface area contributed by atoms with Crippen molar-refractivity contribution in [2.24, 2.45) is 5.73 Å². The van der Waals surface area contributed by atoms with Crippen LogP contribution >= 0.6 is 0 Å². The molecule has 1 aromatic carbocycles. The fourth-order valence-electron chi connectivity index (χ4n) is 1.90. The number of hydrogen-bond donors (Lipinski definition) is 1. The third kappa shape index (κ3) is 2.19. The van der Waals surface area contributed by atoms with Gasteiger partial charge in [-0.15, -0.1) is 5.10 Å². The van der Waals surface area contributed by atoms with Gasteiger partial charge in [0.1, 0.15) is 6.54 Å². The molecule has 0 atom stereocenters. The van der Waals surface area contributed by atoms with Crippen LogP contribution in [0.25, 0.3) is 11.0 Å². The molecule has 102 valence electrons. The van der Waals surface area contributed by atoms with E-state index >= 15 is 0 Å². The van der Waals surface area contributed by atoms with Crippen molar-refractivity contribution in [1.29, 1.82) is 0 Å². The number of hydrogen-bond acceptors (Lipinski definition) is 5. The van der Waals surface area contributed by atoms with E-state index in [1.165, 1.54) is 16.8 Å². The molecule has 0 fully saturated rings. The molecule has 0 aliphatic carbocycles. The molecule has 0 saturated heterocycles. The van der Waals surface area contributed by atoms with Crippen molar-refractivity contribution in [3.8, 4) is 0 Å². The van der Waals surface area contributed by atoms with Crippen LogP contribution in [0.2, 0.25) is 0 Å². The predicted molar refractivity (Wildman–Crippen MR) is 68.4 cm³/mol. The first-order valence-electron chi connectivity index (χ1n) is 5.97. The van der Waals surface area contributed by atoms with Crippen LogP contribution in [0.3, 0.4) is 0 Å². The summed E-state index contributed by atoms with van der Waals surface area (Å²) in [7, 11) is 0. The van der Waals surface area contributed by atoms with Gasteiger partial charge in [-0.3, -0.25) is 4.79 Å². The summed E-state index contributed by atoms with van der Waals surface area (Å²) in [4.78, 5) is 12.1. The second-order valence-electron chi connectivity index (χ2n) is 4.30. The minimum absolute atomic E-state index is 0.0333. The van der Waals surface area contributed by atoms with Gasteiger partial charge >= 0.3 is 0 Å². The van der Waals surface area contributed by atoms with E-state index in [9.17, 15) is 9.18 Å². The Hall–Kier alpha value is -2.54. The van der Waals surface area contributed by atoms with Gasteiger partial charge in [0.2, 0.25) is 5.78 Å². The number of nitrogens with two attached hydrogens (primary N) is 1. The Labute approximate surface area is 113 Å². The summed E-state index contributed by atoms with van der Waals surface area (Å²) in [5.74, 6) is -0.711. The predicted octanol–water partition coefficient (Wildman–Crippen LogP) is 1.50. The number of carbonyl (C=O) groups is 1. The first-order valence-corrected chi connectivity index (χ1v) is 5.97. The number of aromatic nitrogens is 3. The van der Waals surface area contributed by atoms with Crippen LogP contribution in [-0.2, 0) is 13.1 Å². The zero-order valence-electron chi connectivity index (χ0n) is 10.4. The van der Waals surface area contributed by atoms with Crippen LogP contribution in [0, 0.1) is 5.82 Å². The van der Waals surface area contributed by atoms with Crippen molar-refractivity contribution in [2.45, 2.75) is 13.1 Å². The molecule has 2 heterocycles. The fourth-order valence-corrected chi connectivity index (χ4v) is 1.90. The average Bonchev–Trinajstić information content (AvgIpc) is 3.05. The molecule has 20 heavy (non-hydrogen) atoms. The summed E-state index contributed by atoms with van der Waals surface area (Å²) in [5, 5.41) is 8.11. The second kappa shape index (κ2) is 4.86. The van der Waals surface area contributed by atoms with Crippen LogP contribution in [-0.4, -0.2) is 20.8 Å². The number of Topliss-reactive ketones (excluding diaryl/α,β-unsaturated/α-hetero) is 1. The van der Waals surface area contributed by atoms with Crippen molar-refractivity contribution in [1.82, 2.24) is 15.0 Å². The quantitative estimate of drug-likeness (QED) is 0.728. The van der Waals surface area contributed by atoms with Crippen LogP contribution < -0.4 is 5.73 Å². The maximum Gasteiger partial charge on any atom is 0.219 e. The Balaban J connectivity index is 1.86. The van der Waals surface area contributed by atoms with Gasteiger partial charge in [0.05, 0.1) is 11.9 Å². The van der Waals surface area contributed by atoms with E-state index in [0.29, 0.717) is 11.1 Å². The molecule has 0 aliphatic rings. The monoisotopic (exact) mass is 274 g/mol. The number of fused-ring (bicyclic) bond motifs is 1. The topological polar surface area (TPSA) is 86.9 Å². The maximum atomic E-state index is 13.5. The largest absolute Gasteiger partial charge is 0.450 e. The molecule has 0 radical (unpaired) electrons.